The van der Waals surface area contributed by atoms with Crippen molar-refractivity contribution in [3.8, 4) is 0 Å². The largest absolute Gasteiger partial charge is 0.338 e. The molecule has 8 heteroatoms. The lowest BCUT2D eigenvalue weighted by Crippen LogP contribution is -2.53. The molecule has 28 heavy (non-hydrogen) atoms. The number of piperazine rings is 1. The zero-order chi connectivity index (χ0) is 20.0. The molecule has 2 aromatic carbocycles. The van der Waals surface area contributed by atoms with Crippen molar-refractivity contribution in [1.82, 2.24) is 14.5 Å². The number of carbonyl (C=O) groups is 1. The number of hydrogen-bond donors (Lipinski definition) is 1. The number of benzene rings is 2. The van der Waals surface area contributed by atoms with Crippen molar-refractivity contribution in [3.63, 3.8) is 0 Å². The van der Waals surface area contributed by atoms with Crippen LogP contribution in [0.15, 0.2) is 59.5 Å². The number of halogens is 1. The standard InChI is InChI=1S/C20H24FN3O3S/c21-18-10-4-5-11-19(18)28(26,27)24-15-13-23(14-16-24)20(25)22-12-6-9-17-7-2-1-3-8-17/h1-5,7-8,10-11H,6,9,12-16H2,(H,22,25). The summed E-state index contributed by atoms with van der Waals surface area (Å²) in [7, 11) is -3.89. The molecule has 1 heterocycles. The van der Waals surface area contributed by atoms with Gasteiger partial charge < -0.3 is 10.2 Å². The van der Waals surface area contributed by atoms with Crippen LogP contribution in [0.25, 0.3) is 0 Å². The maximum absolute atomic E-state index is 13.9. The van der Waals surface area contributed by atoms with Gasteiger partial charge in [0.15, 0.2) is 0 Å². The van der Waals surface area contributed by atoms with Gasteiger partial charge in [0, 0.05) is 32.7 Å². The second kappa shape index (κ2) is 9.16. The fourth-order valence-electron chi connectivity index (χ4n) is 3.17. The quantitative estimate of drug-likeness (QED) is 0.751. The van der Waals surface area contributed by atoms with Crippen LogP contribution in [0.4, 0.5) is 9.18 Å². The number of nitrogens with one attached hydrogen (secondary N) is 1. The molecule has 150 valence electrons. The summed E-state index contributed by atoms with van der Waals surface area (Å²) >= 11 is 0. The van der Waals surface area contributed by atoms with Crippen LogP contribution in [-0.4, -0.2) is 56.4 Å². The Labute approximate surface area is 165 Å². The summed E-state index contributed by atoms with van der Waals surface area (Å²) in [5.41, 5.74) is 1.23. The topological polar surface area (TPSA) is 69.7 Å². The van der Waals surface area contributed by atoms with Crippen molar-refractivity contribution in [2.45, 2.75) is 17.7 Å². The van der Waals surface area contributed by atoms with Gasteiger partial charge in [-0.1, -0.05) is 42.5 Å². The van der Waals surface area contributed by atoms with E-state index in [1.54, 1.807) is 4.90 Å². The molecule has 0 aromatic heterocycles. The zero-order valence-electron chi connectivity index (χ0n) is 15.6. The first kappa shape index (κ1) is 20.3. The summed E-state index contributed by atoms with van der Waals surface area (Å²) < 4.78 is 40.3. The third-order valence-electron chi connectivity index (χ3n) is 4.74. The predicted octanol–water partition coefficient (Wildman–Crippen LogP) is 2.47. The minimum atomic E-state index is -3.89. The van der Waals surface area contributed by atoms with Crippen LogP contribution in [-0.2, 0) is 16.4 Å². The highest BCUT2D eigenvalue weighted by molar-refractivity contribution is 7.89. The summed E-state index contributed by atoms with van der Waals surface area (Å²) in [6.45, 7) is 1.40. The minimum absolute atomic E-state index is 0.147. The maximum atomic E-state index is 13.9. The van der Waals surface area contributed by atoms with E-state index in [-0.39, 0.29) is 37.1 Å². The summed E-state index contributed by atoms with van der Waals surface area (Å²) in [4.78, 5) is 13.5. The van der Waals surface area contributed by atoms with E-state index >= 15 is 0 Å². The Balaban J connectivity index is 1.45. The number of rotatable bonds is 6. The Kier molecular flexibility index (Phi) is 6.64. The van der Waals surface area contributed by atoms with Gasteiger partial charge >= 0.3 is 6.03 Å². The van der Waals surface area contributed by atoms with E-state index in [9.17, 15) is 17.6 Å². The lowest BCUT2D eigenvalue weighted by atomic mass is 10.1. The van der Waals surface area contributed by atoms with Crippen LogP contribution < -0.4 is 5.32 Å². The average Bonchev–Trinajstić information content (AvgIpc) is 2.72. The smallest absolute Gasteiger partial charge is 0.317 e. The van der Waals surface area contributed by atoms with Crippen LogP contribution in [0.3, 0.4) is 0 Å². The number of amides is 2. The Hall–Kier alpha value is -2.45. The molecule has 1 N–H and O–H groups in total. The summed E-state index contributed by atoms with van der Waals surface area (Å²) in [6.07, 6.45) is 1.72. The number of carbonyl (C=O) groups excluding carboxylic acids is 1. The lowest BCUT2D eigenvalue weighted by Gasteiger charge is -2.34. The Bertz CT molecular complexity index is 898. The van der Waals surface area contributed by atoms with Gasteiger partial charge in [-0.3, -0.25) is 0 Å². The molecule has 0 saturated carbocycles. The summed E-state index contributed by atoms with van der Waals surface area (Å²) in [6, 6.07) is 15.2. The normalized spacial score (nSPS) is 15.4. The number of sulfonamides is 1. The third-order valence-corrected chi connectivity index (χ3v) is 6.67. The van der Waals surface area contributed by atoms with Gasteiger partial charge in [-0.2, -0.15) is 4.31 Å². The van der Waals surface area contributed by atoms with Crippen molar-refractivity contribution in [3.05, 3.63) is 66.0 Å². The van der Waals surface area contributed by atoms with E-state index in [2.05, 4.69) is 17.4 Å². The molecule has 1 saturated heterocycles. The van der Waals surface area contributed by atoms with E-state index < -0.39 is 15.8 Å². The molecule has 1 aliphatic heterocycles. The molecular formula is C20H24FN3O3S. The van der Waals surface area contributed by atoms with Gasteiger partial charge in [-0.25, -0.2) is 17.6 Å². The number of hydrogen-bond acceptors (Lipinski definition) is 3. The maximum Gasteiger partial charge on any atom is 0.317 e. The molecule has 0 aliphatic carbocycles. The van der Waals surface area contributed by atoms with Crippen LogP contribution in [0.1, 0.15) is 12.0 Å². The second-order valence-corrected chi connectivity index (χ2v) is 8.55. The first-order valence-corrected chi connectivity index (χ1v) is 10.7. The van der Waals surface area contributed by atoms with Gasteiger partial charge in [0.1, 0.15) is 10.7 Å². The first-order valence-electron chi connectivity index (χ1n) is 9.30. The fraction of sp³-hybridized carbons (Fsp3) is 0.350. The van der Waals surface area contributed by atoms with Crippen LogP contribution >= 0.6 is 0 Å². The molecule has 0 radical (unpaired) electrons. The molecule has 0 atom stereocenters. The Morgan fingerprint density at radius 3 is 2.29 bits per heavy atom. The Morgan fingerprint density at radius 1 is 0.964 bits per heavy atom. The highest BCUT2D eigenvalue weighted by Crippen LogP contribution is 2.20. The van der Waals surface area contributed by atoms with Gasteiger partial charge in [0.25, 0.3) is 0 Å². The van der Waals surface area contributed by atoms with Crippen molar-refractivity contribution < 1.29 is 17.6 Å². The monoisotopic (exact) mass is 405 g/mol. The zero-order valence-corrected chi connectivity index (χ0v) is 16.4. The van der Waals surface area contributed by atoms with Crippen LogP contribution in [0, 0.1) is 5.82 Å². The van der Waals surface area contributed by atoms with E-state index in [0.29, 0.717) is 6.54 Å². The summed E-state index contributed by atoms with van der Waals surface area (Å²) in [5.74, 6) is -0.763. The third kappa shape index (κ3) is 4.88. The first-order chi connectivity index (χ1) is 13.5. The predicted molar refractivity (Wildman–Crippen MR) is 105 cm³/mol. The second-order valence-electron chi connectivity index (χ2n) is 6.64. The van der Waals surface area contributed by atoms with Crippen LogP contribution in [0.5, 0.6) is 0 Å². The molecule has 6 nitrogen and oxygen atoms in total. The molecule has 0 spiro atoms. The molecule has 2 amide bonds. The average molecular weight is 405 g/mol. The molecule has 2 aromatic rings. The number of urea groups is 1. The van der Waals surface area contributed by atoms with Gasteiger partial charge in [-0.05, 0) is 30.5 Å². The van der Waals surface area contributed by atoms with E-state index in [1.165, 1.54) is 28.1 Å². The molecule has 3 rings (SSSR count). The molecule has 1 fully saturated rings. The minimum Gasteiger partial charge on any atom is -0.338 e. The number of aryl methyl sites for hydroxylation is 1. The van der Waals surface area contributed by atoms with E-state index in [0.717, 1.165) is 18.9 Å². The molecule has 0 bridgehead atoms. The molecular weight excluding hydrogens is 381 g/mol. The molecule has 0 unspecified atom stereocenters. The van der Waals surface area contributed by atoms with Crippen LogP contribution in [0.2, 0.25) is 0 Å². The SMILES string of the molecule is O=C(NCCCc1ccccc1)N1CCN(S(=O)(=O)c2ccccc2F)CC1. The van der Waals surface area contributed by atoms with Gasteiger partial charge in [-0.15, -0.1) is 0 Å². The van der Waals surface area contributed by atoms with Crippen molar-refractivity contribution in [1.29, 1.82) is 0 Å². The highest BCUT2D eigenvalue weighted by Gasteiger charge is 2.31. The molecule has 1 aliphatic rings. The van der Waals surface area contributed by atoms with Crippen molar-refractivity contribution in [2.75, 3.05) is 32.7 Å². The van der Waals surface area contributed by atoms with Crippen molar-refractivity contribution in [2.24, 2.45) is 0 Å². The van der Waals surface area contributed by atoms with E-state index in [4.69, 9.17) is 0 Å². The van der Waals surface area contributed by atoms with E-state index in [1.807, 2.05) is 18.2 Å². The van der Waals surface area contributed by atoms with Crippen molar-refractivity contribution >= 4 is 16.1 Å². The van der Waals surface area contributed by atoms with Gasteiger partial charge in [0.2, 0.25) is 10.0 Å². The Morgan fingerprint density at radius 2 is 1.61 bits per heavy atom. The highest BCUT2D eigenvalue weighted by atomic mass is 32.2. The number of nitrogens with zero attached hydrogens (tertiary/aromatic N) is 2. The summed E-state index contributed by atoms with van der Waals surface area (Å²) in [5, 5.41) is 2.88. The lowest BCUT2D eigenvalue weighted by molar-refractivity contribution is 0.172. The fourth-order valence-corrected chi connectivity index (χ4v) is 4.66. The van der Waals surface area contributed by atoms with Gasteiger partial charge in [0.05, 0.1) is 0 Å².